The number of rotatable bonds is 1. The third kappa shape index (κ3) is 2.08. The first kappa shape index (κ1) is 11.5. The van der Waals surface area contributed by atoms with Gasteiger partial charge in [-0.05, 0) is 30.7 Å². The number of ether oxygens (including phenoxy) is 1. The zero-order valence-electron chi connectivity index (χ0n) is 10.6. The molecule has 0 unspecified atom stereocenters. The Morgan fingerprint density at radius 1 is 1.50 bits per heavy atom. The molecule has 18 heavy (non-hydrogen) atoms. The summed E-state index contributed by atoms with van der Waals surface area (Å²) in [4.78, 5) is 14.3. The minimum absolute atomic E-state index is 0.137. The van der Waals surface area contributed by atoms with E-state index in [9.17, 15) is 4.79 Å². The van der Waals surface area contributed by atoms with Gasteiger partial charge in [0.25, 0.3) is 5.91 Å². The number of amides is 1. The summed E-state index contributed by atoms with van der Waals surface area (Å²) in [7, 11) is 0. The van der Waals surface area contributed by atoms with Crippen molar-refractivity contribution in [2.75, 3.05) is 26.2 Å². The number of fused-ring (bicyclic) bond motifs is 1. The Morgan fingerprint density at radius 3 is 3.22 bits per heavy atom. The van der Waals surface area contributed by atoms with Gasteiger partial charge in [-0.1, -0.05) is 0 Å². The van der Waals surface area contributed by atoms with Gasteiger partial charge >= 0.3 is 0 Å². The molecule has 2 aliphatic rings. The van der Waals surface area contributed by atoms with E-state index in [2.05, 4.69) is 12.2 Å². The topological polar surface area (TPSA) is 41.6 Å². The van der Waals surface area contributed by atoms with E-state index in [1.807, 2.05) is 23.1 Å². The van der Waals surface area contributed by atoms with Crippen LogP contribution in [0.5, 0.6) is 5.75 Å². The molecule has 96 valence electrons. The van der Waals surface area contributed by atoms with Crippen molar-refractivity contribution in [2.45, 2.75) is 19.4 Å². The Kier molecular flexibility index (Phi) is 2.96. The molecule has 1 aromatic rings. The predicted octanol–water partition coefficient (Wildman–Crippen LogP) is 1.06. The van der Waals surface area contributed by atoms with Crippen LogP contribution in [-0.2, 0) is 6.42 Å². The summed E-state index contributed by atoms with van der Waals surface area (Å²) in [5, 5.41) is 3.35. The summed E-state index contributed by atoms with van der Waals surface area (Å²) in [6, 6.07) is 6.15. The molecule has 1 amide bonds. The maximum absolute atomic E-state index is 12.4. The lowest BCUT2D eigenvalue weighted by molar-refractivity contribution is 0.0709. The Balaban J connectivity index is 1.79. The molecule has 2 heterocycles. The number of nitrogens with one attached hydrogen (secondary N) is 1. The molecule has 2 aliphatic heterocycles. The third-order valence-corrected chi connectivity index (χ3v) is 3.59. The molecule has 0 aromatic heterocycles. The SMILES string of the molecule is C[C@H]1CN(C(=O)c2ccc3c(c2)CCO3)CCN1. The van der Waals surface area contributed by atoms with E-state index >= 15 is 0 Å². The van der Waals surface area contributed by atoms with Crippen molar-refractivity contribution in [2.24, 2.45) is 0 Å². The van der Waals surface area contributed by atoms with Gasteiger partial charge in [0.1, 0.15) is 5.75 Å². The molecule has 1 atom stereocenters. The zero-order chi connectivity index (χ0) is 12.5. The highest BCUT2D eigenvalue weighted by atomic mass is 16.5. The molecule has 0 aliphatic carbocycles. The van der Waals surface area contributed by atoms with Crippen LogP contribution in [0.2, 0.25) is 0 Å². The first-order valence-corrected chi connectivity index (χ1v) is 6.52. The summed E-state index contributed by atoms with van der Waals surface area (Å²) < 4.78 is 5.46. The first-order valence-electron chi connectivity index (χ1n) is 6.52. The van der Waals surface area contributed by atoms with Crippen LogP contribution < -0.4 is 10.1 Å². The van der Waals surface area contributed by atoms with Gasteiger partial charge in [-0.3, -0.25) is 4.79 Å². The lowest BCUT2D eigenvalue weighted by Crippen LogP contribution is -2.51. The quantitative estimate of drug-likeness (QED) is 0.805. The van der Waals surface area contributed by atoms with E-state index < -0.39 is 0 Å². The second-order valence-electron chi connectivity index (χ2n) is 5.03. The fraction of sp³-hybridized carbons (Fsp3) is 0.500. The molecule has 0 spiro atoms. The van der Waals surface area contributed by atoms with Crippen molar-refractivity contribution in [3.63, 3.8) is 0 Å². The fourth-order valence-electron chi connectivity index (χ4n) is 2.62. The highest BCUT2D eigenvalue weighted by Gasteiger charge is 2.23. The number of carbonyl (C=O) groups is 1. The molecule has 0 radical (unpaired) electrons. The number of carbonyl (C=O) groups excluding carboxylic acids is 1. The minimum Gasteiger partial charge on any atom is -0.493 e. The van der Waals surface area contributed by atoms with Gasteiger partial charge in [-0.25, -0.2) is 0 Å². The molecule has 4 nitrogen and oxygen atoms in total. The molecule has 0 saturated carbocycles. The van der Waals surface area contributed by atoms with Crippen molar-refractivity contribution in [1.29, 1.82) is 0 Å². The molecule has 1 saturated heterocycles. The van der Waals surface area contributed by atoms with Gasteiger partial charge in [-0.15, -0.1) is 0 Å². The first-order chi connectivity index (χ1) is 8.74. The van der Waals surface area contributed by atoms with Gasteiger partial charge in [0.2, 0.25) is 0 Å². The standard InChI is InChI=1S/C14H18N2O2/c1-10-9-16(6-5-15-10)14(17)12-2-3-13-11(8-12)4-7-18-13/h2-3,8,10,15H,4-7,9H2,1H3/t10-/m0/s1. The maximum atomic E-state index is 12.4. The summed E-state index contributed by atoms with van der Waals surface area (Å²) in [5.41, 5.74) is 1.94. The largest absolute Gasteiger partial charge is 0.493 e. The highest BCUT2D eigenvalue weighted by Crippen LogP contribution is 2.26. The molecule has 1 N–H and O–H groups in total. The van der Waals surface area contributed by atoms with Crippen LogP contribution in [0.4, 0.5) is 0 Å². The van der Waals surface area contributed by atoms with E-state index in [-0.39, 0.29) is 5.91 Å². The van der Waals surface area contributed by atoms with E-state index in [0.717, 1.165) is 49.5 Å². The van der Waals surface area contributed by atoms with Crippen LogP contribution in [-0.4, -0.2) is 43.1 Å². The van der Waals surface area contributed by atoms with Crippen LogP contribution in [0, 0.1) is 0 Å². The minimum atomic E-state index is 0.137. The van der Waals surface area contributed by atoms with E-state index in [0.29, 0.717) is 6.04 Å². The van der Waals surface area contributed by atoms with Crippen LogP contribution in [0.3, 0.4) is 0 Å². The van der Waals surface area contributed by atoms with Crippen LogP contribution in [0.1, 0.15) is 22.8 Å². The average Bonchev–Trinajstić information content (AvgIpc) is 2.85. The summed E-state index contributed by atoms with van der Waals surface area (Å²) in [5.74, 6) is 1.07. The van der Waals surface area contributed by atoms with E-state index in [4.69, 9.17) is 4.74 Å². The summed E-state index contributed by atoms with van der Waals surface area (Å²) >= 11 is 0. The third-order valence-electron chi connectivity index (χ3n) is 3.59. The van der Waals surface area contributed by atoms with Crippen molar-refractivity contribution >= 4 is 5.91 Å². The number of hydrogen-bond donors (Lipinski definition) is 1. The monoisotopic (exact) mass is 246 g/mol. The van der Waals surface area contributed by atoms with Gasteiger partial charge in [0.15, 0.2) is 0 Å². The lowest BCUT2D eigenvalue weighted by Gasteiger charge is -2.32. The smallest absolute Gasteiger partial charge is 0.253 e. The Labute approximate surface area is 107 Å². The molecular weight excluding hydrogens is 228 g/mol. The van der Waals surface area contributed by atoms with Crippen LogP contribution in [0.25, 0.3) is 0 Å². The number of nitrogens with zero attached hydrogens (tertiary/aromatic N) is 1. The van der Waals surface area contributed by atoms with Gasteiger partial charge in [-0.2, -0.15) is 0 Å². The Bertz CT molecular complexity index is 473. The second kappa shape index (κ2) is 4.61. The fourth-order valence-corrected chi connectivity index (χ4v) is 2.62. The molecule has 3 rings (SSSR count). The van der Waals surface area contributed by atoms with Gasteiger partial charge in [0, 0.05) is 37.7 Å². The molecule has 0 bridgehead atoms. The Morgan fingerprint density at radius 2 is 2.39 bits per heavy atom. The van der Waals surface area contributed by atoms with Crippen molar-refractivity contribution in [1.82, 2.24) is 10.2 Å². The van der Waals surface area contributed by atoms with Gasteiger partial charge < -0.3 is 15.0 Å². The number of hydrogen-bond acceptors (Lipinski definition) is 3. The predicted molar refractivity (Wildman–Crippen MR) is 69.0 cm³/mol. The lowest BCUT2D eigenvalue weighted by atomic mass is 10.1. The number of piperazine rings is 1. The molecule has 1 fully saturated rings. The van der Waals surface area contributed by atoms with Crippen molar-refractivity contribution in [3.05, 3.63) is 29.3 Å². The molecule has 1 aromatic carbocycles. The maximum Gasteiger partial charge on any atom is 0.253 e. The van der Waals surface area contributed by atoms with Gasteiger partial charge in [0.05, 0.1) is 6.61 Å². The normalized spacial score (nSPS) is 22.5. The van der Waals surface area contributed by atoms with E-state index in [1.54, 1.807) is 0 Å². The number of benzene rings is 1. The average molecular weight is 246 g/mol. The molecule has 4 heteroatoms. The Hall–Kier alpha value is -1.55. The summed E-state index contributed by atoms with van der Waals surface area (Å²) in [6.45, 7) is 5.29. The van der Waals surface area contributed by atoms with Crippen molar-refractivity contribution in [3.8, 4) is 5.75 Å². The highest BCUT2D eigenvalue weighted by molar-refractivity contribution is 5.94. The second-order valence-corrected chi connectivity index (χ2v) is 5.03. The molecular formula is C14H18N2O2. The van der Waals surface area contributed by atoms with Crippen LogP contribution in [0.15, 0.2) is 18.2 Å². The summed E-state index contributed by atoms with van der Waals surface area (Å²) in [6.07, 6.45) is 0.911. The zero-order valence-corrected chi connectivity index (χ0v) is 10.6. The van der Waals surface area contributed by atoms with E-state index in [1.165, 1.54) is 0 Å². The van der Waals surface area contributed by atoms with Crippen molar-refractivity contribution < 1.29 is 9.53 Å². The van der Waals surface area contributed by atoms with Crippen LogP contribution >= 0.6 is 0 Å².